The van der Waals surface area contributed by atoms with Gasteiger partial charge in [-0.3, -0.25) is 5.04 Å². The molecule has 3 aromatic carbocycles. The Morgan fingerprint density at radius 3 is 2.11 bits per heavy atom. The van der Waals surface area contributed by atoms with Crippen LogP contribution < -0.4 is 116 Å². The van der Waals surface area contributed by atoms with Crippen LogP contribution in [0.3, 0.4) is 0 Å². The van der Waals surface area contributed by atoms with Crippen LogP contribution in [-0.2, 0) is 34.3 Å². The first-order valence-electron chi connectivity index (χ1n) is 13.6. The van der Waals surface area contributed by atoms with Crippen LogP contribution in [0.2, 0.25) is 0 Å². The molecule has 0 amide bonds. The average Bonchev–Trinajstić information content (AvgIpc) is 3.06. The van der Waals surface area contributed by atoms with Crippen LogP contribution in [0.4, 0.5) is 56.1 Å². The quantitative estimate of drug-likeness (QED) is 0.0228. The molecule has 28 heteroatoms. The molecule has 4 aromatic rings. The zero-order valence-corrected chi connectivity index (χ0v) is 36.3. The molecule has 1 aliphatic heterocycles. The van der Waals surface area contributed by atoms with Crippen LogP contribution >= 0.6 is 12.0 Å². The monoisotopic (exact) mass is 835 g/mol. The van der Waals surface area contributed by atoms with Gasteiger partial charge in [0.15, 0.2) is 0 Å². The van der Waals surface area contributed by atoms with E-state index in [0.717, 1.165) is 12.1 Å². The van der Waals surface area contributed by atoms with Crippen LogP contribution in [0.25, 0.3) is 0 Å². The first-order valence-corrected chi connectivity index (χ1v) is 17.1. The van der Waals surface area contributed by atoms with E-state index in [1.165, 1.54) is 30.3 Å². The summed E-state index contributed by atoms with van der Waals surface area (Å²) in [5, 5.41) is 32.1. The molecule has 272 valence electrons. The second-order valence-corrected chi connectivity index (χ2v) is 13.1. The number of hydrogen-bond acceptors (Lipinski definition) is 22. The number of rotatable bonds is 12. The topological polar surface area (TPSA) is 321 Å². The number of hydrogen-bond donors (Lipinski definition) is 3. The zero-order valence-electron chi connectivity index (χ0n) is 27.9. The van der Waals surface area contributed by atoms with Crippen LogP contribution in [0.15, 0.2) is 83.7 Å². The number of azo groups is 2. The van der Waals surface area contributed by atoms with Gasteiger partial charge in [0.05, 0.1) is 51.3 Å². The summed E-state index contributed by atoms with van der Waals surface area (Å²) in [5.74, 6) is -0.133. The Balaban J connectivity index is 0.00000364. The molecule has 54 heavy (non-hydrogen) atoms. The van der Waals surface area contributed by atoms with Gasteiger partial charge in [0.2, 0.25) is 11.9 Å². The third-order valence-corrected chi connectivity index (χ3v) is 8.91. The molecule has 0 saturated carbocycles. The molecule has 1 aliphatic rings. The first kappa shape index (κ1) is 50.0. The van der Waals surface area contributed by atoms with Gasteiger partial charge in [-0.05, 0) is 36.4 Å². The molecule has 1 saturated heterocycles. The summed E-state index contributed by atoms with van der Waals surface area (Å²) < 4.78 is 95.1. The van der Waals surface area contributed by atoms with E-state index in [2.05, 4.69) is 50.1 Å². The van der Waals surface area contributed by atoms with Gasteiger partial charge in [0, 0.05) is 18.8 Å². The van der Waals surface area contributed by atoms with E-state index in [1.807, 2.05) is 0 Å². The van der Waals surface area contributed by atoms with E-state index in [-0.39, 0.29) is 124 Å². The van der Waals surface area contributed by atoms with E-state index in [4.69, 9.17) is 16.2 Å². The number of nitrogen functional groups attached to an aromatic ring is 2. The fraction of sp³-hybridized carbons (Fsp3) is 0.192. The Morgan fingerprint density at radius 2 is 1.46 bits per heavy atom. The summed E-state index contributed by atoms with van der Waals surface area (Å²) in [7, 11) is -10.3. The third-order valence-electron chi connectivity index (χ3n) is 6.50. The molecule has 0 aliphatic carbocycles. The zero-order chi connectivity index (χ0) is 36.1. The fourth-order valence-electron chi connectivity index (χ4n) is 4.25. The largest absolute Gasteiger partial charge is 1.00 e. The van der Waals surface area contributed by atoms with E-state index >= 15 is 0 Å². The van der Waals surface area contributed by atoms with Crippen molar-refractivity contribution in [2.75, 3.05) is 48.0 Å². The standard InChI is InChI=1S/C25H24FN11O10S3.CH4.3Na/c26-23-30-24(32-25(31-23)37-7-9-45-10-8-37)29-13-5-6-17(48-47-46-38)15(11-13)34-36-22-20(27)16(12-19(21(22)28)50(42,43)44)35-33-14-3-1-2-4-18(14)49(39,40)41;;;;/h1-6,11-12,38H,7-10,27-28H2,(H,39,40,41)(H,42,43,44)(H,29,30,31,32);1H4;;;/q;;3*+1/p-3. The van der Waals surface area contributed by atoms with Crippen molar-refractivity contribution in [3.63, 3.8) is 0 Å². The second kappa shape index (κ2) is 22.1. The average molecular weight is 836 g/mol. The maximum atomic E-state index is 14.3. The van der Waals surface area contributed by atoms with Crippen LogP contribution in [0.5, 0.6) is 0 Å². The molecule has 0 spiro atoms. The van der Waals surface area contributed by atoms with E-state index in [0.29, 0.717) is 44.4 Å². The Labute approximate surface area is 378 Å². The second-order valence-electron chi connectivity index (χ2n) is 9.70. The number of nitrogens with zero attached hydrogens (tertiary/aromatic N) is 8. The summed E-state index contributed by atoms with van der Waals surface area (Å²) in [6.07, 6.45) is -1.07. The predicted molar refractivity (Wildman–Crippen MR) is 173 cm³/mol. The van der Waals surface area contributed by atoms with Crippen molar-refractivity contribution in [2.45, 2.75) is 22.1 Å². The number of halogens is 1. The molecule has 0 radical (unpaired) electrons. The number of aromatic nitrogens is 3. The van der Waals surface area contributed by atoms with Crippen molar-refractivity contribution in [1.29, 1.82) is 0 Å². The van der Waals surface area contributed by atoms with Gasteiger partial charge in [-0.25, -0.2) is 16.8 Å². The molecular formula is C26H25FN11Na3O10S3. The van der Waals surface area contributed by atoms with Gasteiger partial charge < -0.3 is 40.8 Å². The molecule has 0 atom stereocenters. The molecule has 0 bridgehead atoms. The van der Waals surface area contributed by atoms with Gasteiger partial charge in [-0.2, -0.15) is 23.7 Å². The summed E-state index contributed by atoms with van der Waals surface area (Å²) in [4.78, 5) is 11.6. The Hall–Kier alpha value is -1.99. The molecule has 21 nitrogen and oxygen atoms in total. The smallest absolute Gasteiger partial charge is 0.744 e. The van der Waals surface area contributed by atoms with E-state index in [9.17, 15) is 35.6 Å². The summed E-state index contributed by atoms with van der Waals surface area (Å²) in [5.41, 5.74) is 9.48. The maximum absolute atomic E-state index is 14.3. The van der Waals surface area contributed by atoms with Crippen LogP contribution in [-0.4, -0.2) is 67.2 Å². The molecule has 2 heterocycles. The summed E-state index contributed by atoms with van der Waals surface area (Å²) in [6, 6.07) is 9.50. The normalized spacial score (nSPS) is 13.1. The molecule has 1 fully saturated rings. The van der Waals surface area contributed by atoms with Crippen LogP contribution in [0, 0.1) is 6.08 Å². The van der Waals surface area contributed by atoms with Crippen molar-refractivity contribution in [3.8, 4) is 0 Å². The minimum absolute atomic E-state index is 0. The Bertz CT molecular complexity index is 2210. The number of nitrogens with one attached hydrogen (secondary N) is 1. The predicted octanol–water partition coefficient (Wildman–Crippen LogP) is -5.73. The molecule has 1 aromatic heterocycles. The molecular weight excluding hydrogens is 811 g/mol. The number of morpholine rings is 1. The van der Waals surface area contributed by atoms with Gasteiger partial charge in [-0.1, -0.05) is 19.6 Å². The van der Waals surface area contributed by atoms with E-state index in [1.54, 1.807) is 4.90 Å². The minimum Gasteiger partial charge on any atom is -0.744 e. The molecule has 5 rings (SSSR count). The van der Waals surface area contributed by atoms with Crippen molar-refractivity contribution in [3.05, 3.63) is 54.6 Å². The Kier molecular flexibility index (Phi) is 20.5. The van der Waals surface area contributed by atoms with Crippen molar-refractivity contribution in [2.24, 2.45) is 20.5 Å². The number of benzene rings is 3. The molecule has 5 N–H and O–H groups in total. The summed E-state index contributed by atoms with van der Waals surface area (Å²) >= 11 is 0.396. The Morgan fingerprint density at radius 1 is 0.833 bits per heavy atom. The van der Waals surface area contributed by atoms with Crippen molar-refractivity contribution in [1.82, 2.24) is 15.0 Å². The summed E-state index contributed by atoms with van der Waals surface area (Å²) in [6.45, 7) is 1.62. The van der Waals surface area contributed by atoms with Gasteiger partial charge >= 0.3 is 94.8 Å². The van der Waals surface area contributed by atoms with Gasteiger partial charge in [0.25, 0.3) is 0 Å². The van der Waals surface area contributed by atoms with Crippen LogP contribution in [0.1, 0.15) is 7.43 Å². The van der Waals surface area contributed by atoms with Gasteiger partial charge in [0.1, 0.15) is 43.0 Å². The SMILES string of the molecule is C.Nc1c(N=Nc2ccccc2S(=O)(=O)[O-])cc(S(=O)(=O)[O-])c(N)c1N=Nc1cc(Nc2nc(F)nc(N3CCOCC3)n2)ccc1SOO[O-].[Na+].[Na+].[Na+]. The van der Waals surface area contributed by atoms with Gasteiger partial charge in [-0.15, -0.1) is 20.5 Å². The van der Waals surface area contributed by atoms with E-state index < -0.39 is 64.5 Å². The third kappa shape index (κ3) is 13.0. The number of ether oxygens (including phenoxy) is 1. The first-order chi connectivity index (χ1) is 23.7. The molecule has 0 unspecified atom stereocenters. The van der Waals surface area contributed by atoms with Crippen molar-refractivity contribution >= 4 is 84.0 Å². The minimum atomic E-state index is -5.29. The maximum Gasteiger partial charge on any atom is 1.00 e. The van der Waals surface area contributed by atoms with Crippen molar-refractivity contribution < 1.29 is 138 Å². The fourth-order valence-corrected chi connectivity index (χ4v) is 5.89. The number of nitrogens with two attached hydrogens (primary N) is 2. The number of anilines is 5.